The van der Waals surface area contributed by atoms with E-state index in [2.05, 4.69) is 5.32 Å². The van der Waals surface area contributed by atoms with Crippen LogP contribution in [0.5, 0.6) is 0 Å². The molecule has 3 heteroatoms. The Morgan fingerprint density at radius 3 is 2.35 bits per heavy atom. The maximum absolute atomic E-state index is 12.2. The Kier molecular flexibility index (Phi) is 6.06. The molecule has 1 aliphatic carbocycles. The Hall–Kier alpha value is -1.35. The lowest BCUT2D eigenvalue weighted by Gasteiger charge is -2.20. The molecule has 1 atom stereocenters. The molecule has 110 valence electrons. The molecule has 3 N–H and O–H groups in total. The maximum atomic E-state index is 12.2. The first-order chi connectivity index (χ1) is 9.77. The summed E-state index contributed by atoms with van der Waals surface area (Å²) in [6.07, 6.45) is 8.30. The molecule has 0 bridgehead atoms. The highest BCUT2D eigenvalue weighted by Gasteiger charge is 2.19. The molecule has 1 saturated carbocycles. The van der Waals surface area contributed by atoms with Gasteiger partial charge in [0.05, 0.1) is 0 Å². The molecule has 1 aromatic carbocycles. The van der Waals surface area contributed by atoms with Gasteiger partial charge in [0.25, 0.3) is 0 Å². The molecule has 2 rings (SSSR count). The lowest BCUT2D eigenvalue weighted by molar-refractivity contribution is -0.125. The molecule has 1 unspecified atom stereocenters. The highest BCUT2D eigenvalue weighted by atomic mass is 16.1. The summed E-state index contributed by atoms with van der Waals surface area (Å²) < 4.78 is 0. The van der Waals surface area contributed by atoms with Gasteiger partial charge in [-0.3, -0.25) is 4.79 Å². The van der Waals surface area contributed by atoms with Crippen molar-refractivity contribution in [3.05, 3.63) is 35.9 Å². The van der Waals surface area contributed by atoms with Crippen molar-refractivity contribution in [1.82, 2.24) is 5.32 Å². The first kappa shape index (κ1) is 15.0. The van der Waals surface area contributed by atoms with Crippen LogP contribution >= 0.6 is 0 Å². The van der Waals surface area contributed by atoms with Crippen LogP contribution in [0.1, 0.15) is 56.6 Å². The van der Waals surface area contributed by atoms with E-state index in [1.165, 1.54) is 32.1 Å². The summed E-state index contributed by atoms with van der Waals surface area (Å²) in [7, 11) is 0. The lowest BCUT2D eigenvalue weighted by atomic mass is 9.90. The van der Waals surface area contributed by atoms with Crippen molar-refractivity contribution in [2.45, 2.75) is 51.0 Å². The fraction of sp³-hybridized carbons (Fsp3) is 0.588. The Morgan fingerprint density at radius 1 is 1.10 bits per heavy atom. The molecule has 20 heavy (non-hydrogen) atoms. The van der Waals surface area contributed by atoms with Crippen LogP contribution < -0.4 is 11.1 Å². The highest BCUT2D eigenvalue weighted by Crippen LogP contribution is 2.22. The van der Waals surface area contributed by atoms with Crippen molar-refractivity contribution in [2.75, 3.05) is 6.54 Å². The number of hydrogen-bond acceptors (Lipinski definition) is 2. The van der Waals surface area contributed by atoms with E-state index in [0.717, 1.165) is 18.4 Å². The fourth-order valence-electron chi connectivity index (χ4n) is 2.89. The average molecular weight is 274 g/mol. The molecule has 0 aliphatic heterocycles. The third kappa shape index (κ3) is 4.64. The smallest absolute Gasteiger partial charge is 0.223 e. The molecule has 0 heterocycles. The number of nitrogens with one attached hydrogen (secondary N) is 1. The summed E-state index contributed by atoms with van der Waals surface area (Å²) in [5, 5.41) is 3.03. The predicted molar refractivity (Wildman–Crippen MR) is 82.2 cm³/mol. The van der Waals surface area contributed by atoms with Crippen molar-refractivity contribution in [1.29, 1.82) is 0 Å². The number of nitrogens with two attached hydrogens (primary N) is 1. The van der Waals surface area contributed by atoms with E-state index in [0.29, 0.717) is 6.54 Å². The summed E-state index contributed by atoms with van der Waals surface area (Å²) in [6.45, 7) is 0.527. The SMILES string of the molecule is NC(CNC(=O)C1CCCCCCC1)c1ccccc1. The predicted octanol–water partition coefficient (Wildman–Crippen LogP) is 3.16. The van der Waals surface area contributed by atoms with E-state index < -0.39 is 0 Å². The van der Waals surface area contributed by atoms with E-state index in [4.69, 9.17) is 5.73 Å². The Morgan fingerprint density at radius 2 is 1.70 bits per heavy atom. The van der Waals surface area contributed by atoms with Crippen LogP contribution in [0.4, 0.5) is 0 Å². The van der Waals surface area contributed by atoms with Crippen molar-refractivity contribution in [3.8, 4) is 0 Å². The summed E-state index contributed by atoms with van der Waals surface area (Å²) in [4.78, 5) is 12.2. The average Bonchev–Trinajstić information content (AvgIpc) is 2.45. The van der Waals surface area contributed by atoms with Gasteiger partial charge >= 0.3 is 0 Å². The van der Waals surface area contributed by atoms with Gasteiger partial charge in [-0.1, -0.05) is 62.4 Å². The van der Waals surface area contributed by atoms with Crippen LogP contribution in [0.2, 0.25) is 0 Å². The first-order valence-electron chi connectivity index (χ1n) is 7.85. The van der Waals surface area contributed by atoms with Gasteiger partial charge in [0.15, 0.2) is 0 Å². The van der Waals surface area contributed by atoms with Crippen LogP contribution in [0, 0.1) is 5.92 Å². The van der Waals surface area contributed by atoms with Crippen molar-refractivity contribution in [2.24, 2.45) is 11.7 Å². The number of rotatable bonds is 4. The number of carbonyl (C=O) groups is 1. The van der Waals surface area contributed by atoms with Crippen LogP contribution in [0.15, 0.2) is 30.3 Å². The zero-order valence-corrected chi connectivity index (χ0v) is 12.2. The van der Waals surface area contributed by atoms with Gasteiger partial charge in [-0.2, -0.15) is 0 Å². The molecule has 1 aliphatic rings. The van der Waals surface area contributed by atoms with Crippen molar-refractivity contribution in [3.63, 3.8) is 0 Å². The van der Waals surface area contributed by atoms with E-state index in [-0.39, 0.29) is 17.9 Å². The normalized spacial score (nSPS) is 18.9. The van der Waals surface area contributed by atoms with Gasteiger partial charge in [0.1, 0.15) is 0 Å². The number of amides is 1. The van der Waals surface area contributed by atoms with E-state index in [1.54, 1.807) is 0 Å². The number of carbonyl (C=O) groups excluding carboxylic acids is 1. The topological polar surface area (TPSA) is 55.1 Å². The zero-order chi connectivity index (χ0) is 14.2. The molecular weight excluding hydrogens is 248 g/mol. The molecule has 1 amide bonds. The lowest BCUT2D eigenvalue weighted by Crippen LogP contribution is -2.36. The van der Waals surface area contributed by atoms with Crippen LogP contribution in [0.3, 0.4) is 0 Å². The third-order valence-electron chi connectivity index (χ3n) is 4.20. The van der Waals surface area contributed by atoms with Gasteiger partial charge in [-0.25, -0.2) is 0 Å². The van der Waals surface area contributed by atoms with E-state index in [1.807, 2.05) is 30.3 Å². The maximum Gasteiger partial charge on any atom is 0.223 e. The van der Waals surface area contributed by atoms with Crippen LogP contribution in [-0.4, -0.2) is 12.5 Å². The number of benzene rings is 1. The quantitative estimate of drug-likeness (QED) is 0.886. The van der Waals surface area contributed by atoms with Gasteiger partial charge in [0.2, 0.25) is 5.91 Å². The van der Waals surface area contributed by atoms with E-state index >= 15 is 0 Å². The summed E-state index contributed by atoms with van der Waals surface area (Å²) >= 11 is 0. The summed E-state index contributed by atoms with van der Waals surface area (Å²) in [5.74, 6) is 0.386. The van der Waals surface area contributed by atoms with E-state index in [9.17, 15) is 4.79 Å². The summed E-state index contributed by atoms with van der Waals surface area (Å²) in [6, 6.07) is 9.83. The Bertz CT molecular complexity index is 397. The zero-order valence-electron chi connectivity index (χ0n) is 12.2. The molecule has 0 saturated heterocycles. The second-order valence-corrected chi connectivity index (χ2v) is 5.80. The monoisotopic (exact) mass is 274 g/mol. The molecule has 0 aromatic heterocycles. The molecule has 1 aromatic rings. The van der Waals surface area contributed by atoms with Crippen LogP contribution in [-0.2, 0) is 4.79 Å². The molecule has 0 spiro atoms. The second kappa shape index (κ2) is 8.05. The fourth-order valence-corrected chi connectivity index (χ4v) is 2.89. The Labute approximate surface area is 121 Å². The molecular formula is C17H26N2O. The second-order valence-electron chi connectivity index (χ2n) is 5.80. The highest BCUT2D eigenvalue weighted by molar-refractivity contribution is 5.78. The minimum atomic E-state index is -0.117. The molecule has 1 fully saturated rings. The molecule has 3 nitrogen and oxygen atoms in total. The number of hydrogen-bond donors (Lipinski definition) is 2. The largest absolute Gasteiger partial charge is 0.354 e. The van der Waals surface area contributed by atoms with Gasteiger partial charge in [-0.05, 0) is 18.4 Å². The Balaban J connectivity index is 1.79. The minimum absolute atomic E-state index is 0.117. The standard InChI is InChI=1S/C17H26N2O/c18-16(14-9-7-4-8-10-14)13-19-17(20)15-11-5-2-1-3-6-12-15/h4,7-10,15-16H,1-3,5-6,11-13,18H2,(H,19,20). The first-order valence-corrected chi connectivity index (χ1v) is 7.85. The van der Waals surface area contributed by atoms with Crippen molar-refractivity contribution < 1.29 is 4.79 Å². The minimum Gasteiger partial charge on any atom is -0.354 e. The molecule has 0 radical (unpaired) electrons. The van der Waals surface area contributed by atoms with Crippen LogP contribution in [0.25, 0.3) is 0 Å². The van der Waals surface area contributed by atoms with Crippen molar-refractivity contribution >= 4 is 5.91 Å². The summed E-state index contributed by atoms with van der Waals surface area (Å²) in [5.41, 5.74) is 7.19. The third-order valence-corrected chi connectivity index (χ3v) is 4.20. The van der Waals surface area contributed by atoms with Gasteiger partial charge in [-0.15, -0.1) is 0 Å². The van der Waals surface area contributed by atoms with Gasteiger partial charge in [0, 0.05) is 18.5 Å². The van der Waals surface area contributed by atoms with Gasteiger partial charge < -0.3 is 11.1 Å².